The summed E-state index contributed by atoms with van der Waals surface area (Å²) in [5, 5.41) is 0. The van der Waals surface area contributed by atoms with E-state index in [0.717, 1.165) is 16.8 Å². The number of rotatable bonds is 4. The molecule has 0 aromatic carbocycles. The van der Waals surface area contributed by atoms with E-state index in [4.69, 9.17) is 4.74 Å². The molecule has 0 unspecified atom stereocenters. The van der Waals surface area contributed by atoms with Crippen molar-refractivity contribution in [2.24, 2.45) is 5.92 Å². The van der Waals surface area contributed by atoms with Crippen LogP contribution in [0.5, 0.6) is 0 Å². The molecule has 0 aliphatic heterocycles. The molecule has 0 bridgehead atoms. The van der Waals surface area contributed by atoms with Crippen LogP contribution in [-0.4, -0.2) is 42.0 Å². The number of ether oxygens (including phenoxy) is 1. The second-order valence-electron chi connectivity index (χ2n) is 4.20. The minimum absolute atomic E-state index is 0.262. The number of alkyl halides is 1. The summed E-state index contributed by atoms with van der Waals surface area (Å²) in [5.41, 5.74) is 0. The largest absolute Gasteiger partial charge is 0.383 e. The second kappa shape index (κ2) is 6.68. The first-order chi connectivity index (χ1) is 7.15. The van der Waals surface area contributed by atoms with E-state index in [1.54, 1.807) is 7.11 Å². The van der Waals surface area contributed by atoms with Gasteiger partial charge in [-0.05, 0) is 25.7 Å². The van der Waals surface area contributed by atoms with Crippen LogP contribution in [0, 0.1) is 5.92 Å². The Bertz CT molecular complexity index is 203. The highest BCUT2D eigenvalue weighted by molar-refractivity contribution is 14.1. The standard InChI is InChI=1S/C11H20INO2/c1-13(7-8-15-2)11(14)9-3-5-10(12)6-4-9/h9-10H,3-8H2,1-2H3. The van der Waals surface area contributed by atoms with Gasteiger partial charge >= 0.3 is 0 Å². The van der Waals surface area contributed by atoms with Gasteiger partial charge in [0.15, 0.2) is 0 Å². The molecule has 1 saturated carbocycles. The fraction of sp³-hybridized carbons (Fsp3) is 0.909. The molecule has 0 atom stereocenters. The first-order valence-electron chi connectivity index (χ1n) is 5.53. The van der Waals surface area contributed by atoms with Crippen LogP contribution in [0.4, 0.5) is 0 Å². The number of nitrogens with zero attached hydrogens (tertiary/aromatic N) is 1. The molecule has 0 heterocycles. The van der Waals surface area contributed by atoms with Crippen molar-refractivity contribution in [1.29, 1.82) is 0 Å². The van der Waals surface area contributed by atoms with Crippen molar-refractivity contribution in [1.82, 2.24) is 4.90 Å². The van der Waals surface area contributed by atoms with Crippen LogP contribution in [-0.2, 0) is 9.53 Å². The Morgan fingerprint density at radius 1 is 1.40 bits per heavy atom. The van der Waals surface area contributed by atoms with Gasteiger partial charge in [0.1, 0.15) is 0 Å². The molecule has 1 aliphatic rings. The molecular formula is C11H20INO2. The zero-order chi connectivity index (χ0) is 11.3. The quantitative estimate of drug-likeness (QED) is 0.585. The Morgan fingerprint density at radius 3 is 2.53 bits per heavy atom. The number of amides is 1. The molecule has 1 aliphatic carbocycles. The number of hydrogen-bond acceptors (Lipinski definition) is 2. The van der Waals surface area contributed by atoms with Crippen molar-refractivity contribution < 1.29 is 9.53 Å². The smallest absolute Gasteiger partial charge is 0.225 e. The third kappa shape index (κ3) is 4.26. The highest BCUT2D eigenvalue weighted by Crippen LogP contribution is 2.29. The monoisotopic (exact) mass is 325 g/mol. The Labute approximate surface area is 106 Å². The molecule has 1 fully saturated rings. The summed E-state index contributed by atoms with van der Waals surface area (Å²) in [6.45, 7) is 1.34. The summed E-state index contributed by atoms with van der Waals surface area (Å²) in [6, 6.07) is 0. The normalized spacial score (nSPS) is 26.3. The number of likely N-dealkylation sites (N-methyl/N-ethyl adjacent to an activating group) is 1. The van der Waals surface area contributed by atoms with Crippen molar-refractivity contribution in [3.8, 4) is 0 Å². The highest BCUT2D eigenvalue weighted by Gasteiger charge is 2.26. The van der Waals surface area contributed by atoms with Gasteiger partial charge in [-0.25, -0.2) is 0 Å². The first-order valence-corrected chi connectivity index (χ1v) is 6.77. The molecule has 88 valence electrons. The summed E-state index contributed by atoms with van der Waals surface area (Å²) < 4.78 is 5.75. The van der Waals surface area contributed by atoms with Gasteiger partial charge in [-0.15, -0.1) is 0 Å². The highest BCUT2D eigenvalue weighted by atomic mass is 127. The number of carbonyl (C=O) groups is 1. The Morgan fingerprint density at radius 2 is 2.00 bits per heavy atom. The van der Waals surface area contributed by atoms with Gasteiger partial charge in [0.25, 0.3) is 0 Å². The van der Waals surface area contributed by atoms with Crippen LogP contribution >= 0.6 is 22.6 Å². The number of halogens is 1. The minimum atomic E-state index is 0.262. The van der Waals surface area contributed by atoms with Crippen molar-refractivity contribution in [3.63, 3.8) is 0 Å². The predicted octanol–water partition coefficient (Wildman–Crippen LogP) is 2.08. The fourth-order valence-electron chi connectivity index (χ4n) is 1.95. The lowest BCUT2D eigenvalue weighted by molar-refractivity contribution is -0.135. The van der Waals surface area contributed by atoms with Gasteiger partial charge < -0.3 is 9.64 Å². The molecule has 1 amide bonds. The molecule has 4 heteroatoms. The summed E-state index contributed by atoms with van der Waals surface area (Å²) >= 11 is 2.49. The van der Waals surface area contributed by atoms with Gasteiger partial charge in [0.05, 0.1) is 6.61 Å². The van der Waals surface area contributed by atoms with Crippen LogP contribution in [0.1, 0.15) is 25.7 Å². The van der Waals surface area contributed by atoms with Gasteiger partial charge in [0, 0.05) is 30.5 Å². The third-order valence-electron chi connectivity index (χ3n) is 3.01. The van der Waals surface area contributed by atoms with E-state index in [0.29, 0.717) is 19.1 Å². The predicted molar refractivity (Wildman–Crippen MR) is 69.3 cm³/mol. The molecule has 0 N–H and O–H groups in total. The lowest BCUT2D eigenvalue weighted by Crippen LogP contribution is -2.36. The molecule has 0 saturated heterocycles. The zero-order valence-corrected chi connectivity index (χ0v) is 11.7. The summed E-state index contributed by atoms with van der Waals surface area (Å²) in [7, 11) is 3.54. The van der Waals surface area contributed by atoms with Crippen LogP contribution in [0.15, 0.2) is 0 Å². The number of hydrogen-bond donors (Lipinski definition) is 0. The molecule has 15 heavy (non-hydrogen) atoms. The molecule has 0 spiro atoms. The van der Waals surface area contributed by atoms with Gasteiger partial charge in [-0.1, -0.05) is 22.6 Å². The maximum atomic E-state index is 12.0. The van der Waals surface area contributed by atoms with Crippen LogP contribution in [0.3, 0.4) is 0 Å². The lowest BCUT2D eigenvalue weighted by Gasteiger charge is -2.28. The summed E-state index contributed by atoms with van der Waals surface area (Å²) in [6.07, 6.45) is 4.50. The topological polar surface area (TPSA) is 29.5 Å². The fourth-order valence-corrected chi connectivity index (χ4v) is 2.67. The Hall–Kier alpha value is 0.160. The minimum Gasteiger partial charge on any atom is -0.383 e. The molecule has 0 radical (unpaired) electrons. The number of carbonyl (C=O) groups excluding carboxylic acids is 1. The van der Waals surface area contributed by atoms with Gasteiger partial charge in [-0.3, -0.25) is 4.79 Å². The maximum Gasteiger partial charge on any atom is 0.225 e. The van der Waals surface area contributed by atoms with E-state index in [1.165, 1.54) is 12.8 Å². The SMILES string of the molecule is COCCN(C)C(=O)C1CCC(I)CC1. The van der Waals surface area contributed by atoms with Crippen molar-refractivity contribution in [2.75, 3.05) is 27.3 Å². The third-order valence-corrected chi connectivity index (χ3v) is 4.26. The van der Waals surface area contributed by atoms with Gasteiger partial charge in [-0.2, -0.15) is 0 Å². The van der Waals surface area contributed by atoms with Crippen molar-refractivity contribution in [3.05, 3.63) is 0 Å². The Kier molecular flexibility index (Phi) is 5.89. The second-order valence-corrected chi connectivity index (χ2v) is 5.96. The molecule has 0 aromatic heterocycles. The van der Waals surface area contributed by atoms with E-state index >= 15 is 0 Å². The van der Waals surface area contributed by atoms with E-state index in [2.05, 4.69) is 22.6 Å². The molecular weight excluding hydrogens is 305 g/mol. The average molecular weight is 325 g/mol. The maximum absolute atomic E-state index is 12.0. The first kappa shape index (κ1) is 13.2. The van der Waals surface area contributed by atoms with Crippen LogP contribution in [0.2, 0.25) is 0 Å². The van der Waals surface area contributed by atoms with Crippen molar-refractivity contribution >= 4 is 28.5 Å². The molecule has 0 aromatic rings. The molecule has 1 rings (SSSR count). The lowest BCUT2D eigenvalue weighted by atomic mass is 9.88. The molecule has 3 nitrogen and oxygen atoms in total. The van der Waals surface area contributed by atoms with E-state index < -0.39 is 0 Å². The van der Waals surface area contributed by atoms with E-state index in [-0.39, 0.29) is 5.92 Å². The van der Waals surface area contributed by atoms with Crippen molar-refractivity contribution in [2.45, 2.75) is 29.6 Å². The zero-order valence-electron chi connectivity index (χ0n) is 9.54. The summed E-state index contributed by atoms with van der Waals surface area (Å²) in [5.74, 6) is 0.563. The summed E-state index contributed by atoms with van der Waals surface area (Å²) in [4.78, 5) is 13.8. The van der Waals surface area contributed by atoms with E-state index in [9.17, 15) is 4.79 Å². The van der Waals surface area contributed by atoms with Gasteiger partial charge in [0.2, 0.25) is 5.91 Å². The number of methoxy groups -OCH3 is 1. The average Bonchev–Trinajstić information content (AvgIpc) is 2.26. The van der Waals surface area contributed by atoms with Crippen LogP contribution in [0.25, 0.3) is 0 Å². The van der Waals surface area contributed by atoms with Crippen LogP contribution < -0.4 is 0 Å². The van der Waals surface area contributed by atoms with E-state index in [1.807, 2.05) is 11.9 Å². The Balaban J connectivity index is 2.32.